The average Bonchev–Trinajstić information content (AvgIpc) is 3.26. The number of para-hydroxylation sites is 1. The van der Waals surface area contributed by atoms with E-state index in [2.05, 4.69) is 16.9 Å². The number of anilines is 1. The van der Waals surface area contributed by atoms with Crippen LogP contribution in [0, 0.1) is 0 Å². The first-order valence-electron chi connectivity index (χ1n) is 10.5. The van der Waals surface area contributed by atoms with Gasteiger partial charge in [0.25, 0.3) is 5.56 Å². The van der Waals surface area contributed by atoms with Crippen LogP contribution in [0.1, 0.15) is 12.5 Å². The van der Waals surface area contributed by atoms with E-state index in [-0.39, 0.29) is 22.9 Å². The Morgan fingerprint density at radius 3 is 2.57 bits per heavy atom. The number of hydrogen-bond acceptors (Lipinski definition) is 5. The number of rotatable bonds is 7. The Labute approximate surface area is 207 Å². The fraction of sp³-hybridized carbons (Fsp3) is 0.160. The lowest BCUT2D eigenvalue weighted by molar-refractivity contribution is -0.137. The van der Waals surface area contributed by atoms with E-state index >= 15 is 0 Å². The molecule has 0 aliphatic heterocycles. The number of nitrogens with one attached hydrogen (secondary N) is 1. The molecule has 4 aromatic rings. The molecule has 0 bridgehead atoms. The number of amides is 1. The first kappa shape index (κ1) is 24.7. The van der Waals surface area contributed by atoms with E-state index in [1.165, 1.54) is 34.1 Å². The molecule has 35 heavy (non-hydrogen) atoms. The van der Waals surface area contributed by atoms with Crippen LogP contribution in [0.15, 0.2) is 82.6 Å². The van der Waals surface area contributed by atoms with Crippen LogP contribution in [0.4, 0.5) is 18.9 Å². The molecule has 0 aliphatic rings. The first-order valence-corrected chi connectivity index (χ1v) is 12.3. The summed E-state index contributed by atoms with van der Waals surface area (Å²) in [5.74, 6) is -0.637. The number of carbonyl (C=O) groups excluding carboxylic acids is 1. The van der Waals surface area contributed by atoms with Gasteiger partial charge in [0.15, 0.2) is 5.16 Å². The molecule has 0 fully saturated rings. The molecule has 1 amide bonds. The topological polar surface area (TPSA) is 64.0 Å². The number of aromatic nitrogens is 2. The van der Waals surface area contributed by atoms with Crippen LogP contribution in [-0.4, -0.2) is 20.7 Å². The number of thiophene rings is 1. The maximum Gasteiger partial charge on any atom is 0.418 e. The molecule has 10 heteroatoms. The Bertz CT molecular complexity index is 1450. The van der Waals surface area contributed by atoms with E-state index < -0.39 is 22.9 Å². The largest absolute Gasteiger partial charge is 0.418 e. The fourth-order valence-electron chi connectivity index (χ4n) is 3.50. The van der Waals surface area contributed by atoms with E-state index in [1.807, 2.05) is 35.7 Å². The van der Waals surface area contributed by atoms with E-state index in [0.29, 0.717) is 10.2 Å². The zero-order valence-electron chi connectivity index (χ0n) is 18.5. The van der Waals surface area contributed by atoms with Gasteiger partial charge in [-0.1, -0.05) is 60.3 Å². The lowest BCUT2D eigenvalue weighted by Gasteiger charge is -2.17. The molecular formula is C25H20F3N3O2S2. The molecule has 2 aromatic carbocycles. The van der Waals surface area contributed by atoms with Crippen molar-refractivity contribution in [3.63, 3.8) is 0 Å². The van der Waals surface area contributed by atoms with Gasteiger partial charge >= 0.3 is 6.18 Å². The van der Waals surface area contributed by atoms with Crippen LogP contribution < -0.4 is 10.9 Å². The highest BCUT2D eigenvalue weighted by atomic mass is 32.2. The summed E-state index contributed by atoms with van der Waals surface area (Å²) in [5.41, 5.74) is 0.134. The minimum absolute atomic E-state index is 0.166. The molecule has 2 aromatic heterocycles. The predicted molar refractivity (Wildman–Crippen MR) is 135 cm³/mol. The number of nitrogens with zero attached hydrogens (tertiary/aromatic N) is 2. The summed E-state index contributed by atoms with van der Waals surface area (Å²) in [6.45, 7) is 5.43. The number of fused-ring (bicyclic) bond motifs is 1. The number of thioether (sulfide) groups is 1. The van der Waals surface area contributed by atoms with Gasteiger partial charge < -0.3 is 5.32 Å². The fourth-order valence-corrected chi connectivity index (χ4v) is 5.41. The smallest absolute Gasteiger partial charge is 0.325 e. The maximum atomic E-state index is 13.4. The van der Waals surface area contributed by atoms with Gasteiger partial charge in [0.05, 0.1) is 21.9 Å². The second-order valence-corrected chi connectivity index (χ2v) is 9.75. The number of benzene rings is 2. The van der Waals surface area contributed by atoms with Crippen LogP contribution in [0.2, 0.25) is 0 Å². The van der Waals surface area contributed by atoms with Crippen molar-refractivity contribution in [2.75, 3.05) is 5.32 Å². The molecule has 1 N–H and O–H groups in total. The van der Waals surface area contributed by atoms with Crippen molar-refractivity contribution in [2.45, 2.75) is 30.1 Å². The minimum Gasteiger partial charge on any atom is -0.325 e. The molecule has 5 nitrogen and oxygen atoms in total. The van der Waals surface area contributed by atoms with Crippen LogP contribution in [0.25, 0.3) is 21.3 Å². The van der Waals surface area contributed by atoms with Gasteiger partial charge in [-0.05, 0) is 24.6 Å². The minimum atomic E-state index is -4.60. The summed E-state index contributed by atoms with van der Waals surface area (Å²) >= 11 is 2.32. The number of carbonyl (C=O) groups is 1. The molecule has 1 atom stereocenters. The summed E-state index contributed by atoms with van der Waals surface area (Å²) in [7, 11) is 0. The monoisotopic (exact) mass is 515 g/mol. The van der Waals surface area contributed by atoms with Crippen LogP contribution in [-0.2, 0) is 17.5 Å². The van der Waals surface area contributed by atoms with E-state index in [9.17, 15) is 22.8 Å². The van der Waals surface area contributed by atoms with Crippen molar-refractivity contribution < 1.29 is 18.0 Å². The molecule has 4 rings (SSSR count). The predicted octanol–water partition coefficient (Wildman–Crippen LogP) is 6.45. The normalized spacial score (nSPS) is 12.5. The third kappa shape index (κ3) is 5.18. The van der Waals surface area contributed by atoms with Gasteiger partial charge in [0.1, 0.15) is 4.83 Å². The standard InChI is InChI=1S/C25H20F3N3O2S2/c1-3-13-31-23(33)20-17(16-9-5-4-6-10-16)14-34-22(20)30-24(31)35-15(2)21(32)29-19-12-8-7-11-18(19)25(26,27)28/h3-12,14-15H,1,13H2,2H3,(H,29,32). The van der Waals surface area contributed by atoms with Crippen molar-refractivity contribution in [1.82, 2.24) is 9.55 Å². The summed E-state index contributed by atoms with van der Waals surface area (Å²) in [4.78, 5) is 31.3. The highest BCUT2D eigenvalue weighted by Crippen LogP contribution is 2.36. The van der Waals surface area contributed by atoms with Crippen molar-refractivity contribution >= 4 is 44.9 Å². The molecule has 0 aliphatic carbocycles. The van der Waals surface area contributed by atoms with E-state index in [0.717, 1.165) is 29.0 Å². The highest BCUT2D eigenvalue weighted by molar-refractivity contribution is 8.00. The summed E-state index contributed by atoms with van der Waals surface area (Å²) in [5, 5.41) is 4.15. The molecular weight excluding hydrogens is 495 g/mol. The molecule has 0 radical (unpaired) electrons. The van der Waals surface area contributed by atoms with Gasteiger partial charge in [0.2, 0.25) is 5.91 Å². The second-order valence-electron chi connectivity index (χ2n) is 7.59. The Kier molecular flexibility index (Phi) is 7.13. The van der Waals surface area contributed by atoms with Crippen molar-refractivity contribution in [1.29, 1.82) is 0 Å². The molecule has 180 valence electrons. The molecule has 0 saturated heterocycles. The second kappa shape index (κ2) is 10.1. The molecule has 2 heterocycles. The SMILES string of the molecule is C=CCn1c(SC(C)C(=O)Nc2ccccc2C(F)(F)F)nc2scc(-c3ccccc3)c2c1=O. The lowest BCUT2D eigenvalue weighted by atomic mass is 10.1. The number of allylic oxidation sites excluding steroid dienone is 1. The molecule has 1 unspecified atom stereocenters. The number of halogens is 3. The Hall–Kier alpha value is -3.37. The zero-order valence-corrected chi connectivity index (χ0v) is 20.1. The Balaban J connectivity index is 1.66. The van der Waals surface area contributed by atoms with Gasteiger partial charge in [-0.25, -0.2) is 4.98 Å². The third-order valence-electron chi connectivity index (χ3n) is 5.20. The number of alkyl halides is 3. The summed E-state index contributed by atoms with van der Waals surface area (Å²) in [6.07, 6.45) is -3.05. The number of hydrogen-bond donors (Lipinski definition) is 1. The molecule has 0 spiro atoms. The quantitative estimate of drug-likeness (QED) is 0.175. The van der Waals surface area contributed by atoms with Crippen molar-refractivity contribution in [3.8, 4) is 11.1 Å². The van der Waals surface area contributed by atoms with Gasteiger partial charge in [-0.2, -0.15) is 13.2 Å². The summed E-state index contributed by atoms with van der Waals surface area (Å²) < 4.78 is 41.3. The van der Waals surface area contributed by atoms with Gasteiger partial charge in [-0.3, -0.25) is 14.2 Å². The van der Waals surface area contributed by atoms with Crippen LogP contribution in [0.5, 0.6) is 0 Å². The Morgan fingerprint density at radius 1 is 1.20 bits per heavy atom. The lowest BCUT2D eigenvalue weighted by Crippen LogP contribution is -2.27. The third-order valence-corrected chi connectivity index (χ3v) is 7.16. The van der Waals surface area contributed by atoms with Crippen molar-refractivity contribution in [3.05, 3.63) is 88.5 Å². The first-order chi connectivity index (χ1) is 16.7. The zero-order chi connectivity index (χ0) is 25.2. The van der Waals surface area contributed by atoms with E-state index in [1.54, 1.807) is 13.0 Å². The van der Waals surface area contributed by atoms with E-state index in [4.69, 9.17) is 0 Å². The Morgan fingerprint density at radius 2 is 1.89 bits per heavy atom. The van der Waals surface area contributed by atoms with Gasteiger partial charge in [-0.15, -0.1) is 17.9 Å². The maximum absolute atomic E-state index is 13.4. The van der Waals surface area contributed by atoms with Gasteiger partial charge in [0, 0.05) is 17.5 Å². The van der Waals surface area contributed by atoms with Crippen LogP contribution >= 0.6 is 23.1 Å². The highest BCUT2D eigenvalue weighted by Gasteiger charge is 2.34. The summed E-state index contributed by atoms with van der Waals surface area (Å²) in [6, 6.07) is 14.3. The van der Waals surface area contributed by atoms with Crippen LogP contribution in [0.3, 0.4) is 0 Å². The molecule has 0 saturated carbocycles. The van der Waals surface area contributed by atoms with Crippen molar-refractivity contribution in [2.24, 2.45) is 0 Å². The average molecular weight is 516 g/mol.